The molecule has 2 aromatic carbocycles. The van der Waals surface area contributed by atoms with Crippen molar-refractivity contribution in [2.45, 2.75) is 37.6 Å². The van der Waals surface area contributed by atoms with E-state index >= 15 is 0 Å². The van der Waals surface area contributed by atoms with E-state index in [1.807, 2.05) is 53.4 Å². The Morgan fingerprint density at radius 3 is 2.23 bits per heavy atom. The molecule has 0 unspecified atom stereocenters. The Balaban J connectivity index is 2.20. The lowest BCUT2D eigenvalue weighted by atomic mass is 10.1. The van der Waals surface area contributed by atoms with E-state index in [9.17, 15) is 4.79 Å². The number of halogens is 1. The van der Waals surface area contributed by atoms with Crippen molar-refractivity contribution in [3.05, 3.63) is 66.2 Å². The standard InChI is InChI=1S/C19H22BrNO/c1-2-3-14-18(20)19(22)21(17-12-8-5-9-13-17)15-16-10-6-4-7-11-16/h4-13,18H,2-3,14-15H2,1H3/t18-/m1/s1. The summed E-state index contributed by atoms with van der Waals surface area (Å²) < 4.78 is 0. The summed E-state index contributed by atoms with van der Waals surface area (Å²) in [4.78, 5) is 14.6. The minimum Gasteiger partial charge on any atom is -0.307 e. The zero-order valence-electron chi connectivity index (χ0n) is 12.9. The lowest BCUT2D eigenvalue weighted by molar-refractivity contribution is -0.118. The molecule has 0 heterocycles. The molecule has 0 N–H and O–H groups in total. The third kappa shape index (κ3) is 4.70. The molecule has 22 heavy (non-hydrogen) atoms. The minimum absolute atomic E-state index is 0.128. The lowest BCUT2D eigenvalue weighted by Crippen LogP contribution is -2.36. The first-order valence-corrected chi connectivity index (χ1v) is 8.68. The molecule has 0 bridgehead atoms. The van der Waals surface area contributed by atoms with Gasteiger partial charge in [0, 0.05) is 5.69 Å². The van der Waals surface area contributed by atoms with Gasteiger partial charge in [0.1, 0.15) is 0 Å². The summed E-state index contributed by atoms with van der Waals surface area (Å²) >= 11 is 3.56. The number of nitrogens with zero attached hydrogens (tertiary/aromatic N) is 1. The van der Waals surface area contributed by atoms with Crippen LogP contribution in [0.3, 0.4) is 0 Å². The van der Waals surface area contributed by atoms with E-state index in [-0.39, 0.29) is 10.7 Å². The van der Waals surface area contributed by atoms with Gasteiger partial charge >= 0.3 is 0 Å². The van der Waals surface area contributed by atoms with Crippen molar-refractivity contribution in [3.63, 3.8) is 0 Å². The predicted octanol–water partition coefficient (Wildman–Crippen LogP) is 5.17. The van der Waals surface area contributed by atoms with Crippen LogP contribution in [0, 0.1) is 0 Å². The van der Waals surface area contributed by atoms with Crippen molar-refractivity contribution in [1.29, 1.82) is 0 Å². The first-order valence-electron chi connectivity index (χ1n) is 7.76. The highest BCUT2D eigenvalue weighted by atomic mass is 79.9. The number of amides is 1. The molecule has 116 valence electrons. The van der Waals surface area contributed by atoms with E-state index in [0.717, 1.165) is 30.5 Å². The summed E-state index contributed by atoms with van der Waals surface area (Å²) in [6, 6.07) is 20.0. The van der Waals surface area contributed by atoms with Crippen molar-refractivity contribution in [3.8, 4) is 0 Å². The summed E-state index contributed by atoms with van der Waals surface area (Å²) in [7, 11) is 0. The molecule has 0 radical (unpaired) electrons. The SMILES string of the molecule is CCCC[C@@H](Br)C(=O)N(Cc1ccccc1)c1ccccc1. The fourth-order valence-corrected chi connectivity index (χ4v) is 2.92. The molecule has 0 spiro atoms. The van der Waals surface area contributed by atoms with Gasteiger partial charge in [0.05, 0.1) is 11.4 Å². The normalized spacial score (nSPS) is 11.9. The van der Waals surface area contributed by atoms with E-state index in [2.05, 4.69) is 35.0 Å². The van der Waals surface area contributed by atoms with Crippen LogP contribution in [0.25, 0.3) is 0 Å². The molecule has 0 saturated heterocycles. The second-order valence-electron chi connectivity index (χ2n) is 5.36. The summed E-state index contributed by atoms with van der Waals surface area (Å²) in [5, 5.41) is 0. The largest absolute Gasteiger partial charge is 0.307 e. The van der Waals surface area contributed by atoms with Gasteiger partial charge < -0.3 is 4.90 Å². The molecule has 1 atom stereocenters. The molecule has 0 aromatic heterocycles. The van der Waals surface area contributed by atoms with Gasteiger partial charge in [-0.15, -0.1) is 0 Å². The Bertz CT molecular complexity index is 571. The number of hydrogen-bond donors (Lipinski definition) is 0. The Morgan fingerprint density at radius 2 is 1.64 bits per heavy atom. The van der Waals surface area contributed by atoms with Crippen molar-refractivity contribution < 1.29 is 4.79 Å². The summed E-state index contributed by atoms with van der Waals surface area (Å²) in [6.45, 7) is 2.74. The van der Waals surface area contributed by atoms with Gasteiger partial charge in [-0.3, -0.25) is 4.79 Å². The van der Waals surface area contributed by atoms with Gasteiger partial charge in [-0.2, -0.15) is 0 Å². The topological polar surface area (TPSA) is 20.3 Å². The van der Waals surface area contributed by atoms with Crippen molar-refractivity contribution in [2.24, 2.45) is 0 Å². The Labute approximate surface area is 141 Å². The first kappa shape index (κ1) is 16.8. The van der Waals surface area contributed by atoms with E-state index < -0.39 is 0 Å². The first-order chi connectivity index (χ1) is 10.7. The number of rotatable bonds is 7. The van der Waals surface area contributed by atoms with Crippen molar-refractivity contribution in [1.82, 2.24) is 0 Å². The second-order valence-corrected chi connectivity index (χ2v) is 6.46. The molecule has 2 rings (SSSR count). The number of carbonyl (C=O) groups excluding carboxylic acids is 1. The molecule has 0 aliphatic heterocycles. The van der Waals surface area contributed by atoms with Gasteiger partial charge in [-0.1, -0.05) is 84.2 Å². The molecular weight excluding hydrogens is 338 g/mol. The predicted molar refractivity (Wildman–Crippen MR) is 96.3 cm³/mol. The highest BCUT2D eigenvalue weighted by molar-refractivity contribution is 9.10. The molecule has 0 aliphatic rings. The van der Waals surface area contributed by atoms with Gasteiger partial charge in [0.2, 0.25) is 5.91 Å². The number of anilines is 1. The van der Waals surface area contributed by atoms with Crippen LogP contribution in [-0.2, 0) is 11.3 Å². The summed E-state index contributed by atoms with van der Waals surface area (Å²) in [5.74, 6) is 0.128. The van der Waals surface area contributed by atoms with E-state index in [1.54, 1.807) is 0 Å². The van der Waals surface area contributed by atoms with Crippen LogP contribution >= 0.6 is 15.9 Å². The van der Waals surface area contributed by atoms with Crippen molar-refractivity contribution in [2.75, 3.05) is 4.90 Å². The van der Waals surface area contributed by atoms with E-state index in [0.29, 0.717) is 6.54 Å². The maximum Gasteiger partial charge on any atom is 0.241 e. The Morgan fingerprint density at radius 1 is 1.05 bits per heavy atom. The van der Waals surface area contributed by atoms with Crippen LogP contribution in [0.1, 0.15) is 31.7 Å². The third-order valence-corrected chi connectivity index (χ3v) is 4.45. The monoisotopic (exact) mass is 359 g/mol. The number of carbonyl (C=O) groups is 1. The smallest absolute Gasteiger partial charge is 0.241 e. The Kier molecular flexibility index (Phi) is 6.66. The Hall–Kier alpha value is -1.61. The summed E-state index contributed by atoms with van der Waals surface area (Å²) in [6.07, 6.45) is 3.02. The molecule has 2 aromatic rings. The van der Waals surface area contributed by atoms with Gasteiger partial charge in [0.15, 0.2) is 0 Å². The zero-order valence-corrected chi connectivity index (χ0v) is 14.5. The number of benzene rings is 2. The fourth-order valence-electron chi connectivity index (χ4n) is 2.35. The average molecular weight is 360 g/mol. The van der Waals surface area contributed by atoms with Crippen LogP contribution in [0.4, 0.5) is 5.69 Å². The third-order valence-electron chi connectivity index (χ3n) is 3.60. The molecule has 0 aliphatic carbocycles. The maximum atomic E-state index is 12.8. The number of para-hydroxylation sites is 1. The zero-order chi connectivity index (χ0) is 15.8. The highest BCUT2D eigenvalue weighted by Crippen LogP contribution is 2.22. The van der Waals surface area contributed by atoms with Crippen LogP contribution in [0.15, 0.2) is 60.7 Å². The highest BCUT2D eigenvalue weighted by Gasteiger charge is 2.23. The van der Waals surface area contributed by atoms with Crippen LogP contribution in [0.5, 0.6) is 0 Å². The van der Waals surface area contributed by atoms with Gasteiger partial charge in [-0.05, 0) is 24.1 Å². The summed E-state index contributed by atoms with van der Waals surface area (Å²) in [5.41, 5.74) is 2.08. The fraction of sp³-hybridized carbons (Fsp3) is 0.316. The quantitative estimate of drug-likeness (QED) is 0.624. The average Bonchev–Trinajstić information content (AvgIpc) is 2.58. The van der Waals surface area contributed by atoms with E-state index in [4.69, 9.17) is 0 Å². The second kappa shape index (κ2) is 8.74. The molecular formula is C19H22BrNO. The number of unbranched alkanes of at least 4 members (excludes halogenated alkanes) is 1. The van der Waals surface area contributed by atoms with E-state index in [1.165, 1.54) is 0 Å². The number of alkyl halides is 1. The molecule has 0 saturated carbocycles. The minimum atomic E-state index is -0.128. The van der Waals surface area contributed by atoms with Crippen LogP contribution in [0.2, 0.25) is 0 Å². The van der Waals surface area contributed by atoms with Crippen LogP contribution in [-0.4, -0.2) is 10.7 Å². The molecule has 0 fully saturated rings. The molecule has 2 nitrogen and oxygen atoms in total. The van der Waals surface area contributed by atoms with Gasteiger partial charge in [0.25, 0.3) is 0 Å². The van der Waals surface area contributed by atoms with Gasteiger partial charge in [-0.25, -0.2) is 0 Å². The van der Waals surface area contributed by atoms with Crippen LogP contribution < -0.4 is 4.90 Å². The lowest BCUT2D eigenvalue weighted by Gasteiger charge is -2.25. The van der Waals surface area contributed by atoms with Crippen molar-refractivity contribution >= 4 is 27.5 Å². The molecule has 1 amide bonds. The maximum absolute atomic E-state index is 12.8. The number of hydrogen-bond acceptors (Lipinski definition) is 1. The molecule has 3 heteroatoms.